The van der Waals surface area contributed by atoms with Crippen molar-refractivity contribution in [2.75, 3.05) is 5.33 Å². The van der Waals surface area contributed by atoms with Gasteiger partial charge in [0.25, 0.3) is 0 Å². The standard InChI is InChI=1S/C6H7BrN2S2/c1-4-8-9-5(2-7)3-10-6(9)11-4/h3,6H,2H2,1H3. The van der Waals surface area contributed by atoms with Crippen molar-refractivity contribution in [3.05, 3.63) is 11.1 Å². The molecule has 5 heteroatoms. The smallest absolute Gasteiger partial charge is 0.153 e. The Balaban J connectivity index is 2.19. The van der Waals surface area contributed by atoms with E-state index in [0.29, 0.717) is 4.71 Å². The lowest BCUT2D eigenvalue weighted by Crippen LogP contribution is -2.15. The molecule has 1 atom stereocenters. The summed E-state index contributed by atoms with van der Waals surface area (Å²) in [5, 5.41) is 10.7. The zero-order valence-corrected chi connectivity index (χ0v) is 9.17. The molecule has 0 spiro atoms. The van der Waals surface area contributed by atoms with E-state index in [2.05, 4.69) is 38.4 Å². The summed E-state index contributed by atoms with van der Waals surface area (Å²) in [7, 11) is 0. The molecular formula is C6H7BrN2S2. The van der Waals surface area contributed by atoms with Gasteiger partial charge < -0.3 is 0 Å². The minimum Gasteiger partial charge on any atom is -0.243 e. The van der Waals surface area contributed by atoms with E-state index in [0.717, 1.165) is 10.4 Å². The van der Waals surface area contributed by atoms with Crippen molar-refractivity contribution < 1.29 is 0 Å². The SMILES string of the molecule is CC1=NN2C(CBr)=CSC2S1. The van der Waals surface area contributed by atoms with E-state index in [1.54, 1.807) is 0 Å². The van der Waals surface area contributed by atoms with Crippen molar-refractivity contribution in [1.82, 2.24) is 5.01 Å². The fraction of sp³-hybridized carbons (Fsp3) is 0.500. The van der Waals surface area contributed by atoms with Gasteiger partial charge in [0.1, 0.15) is 0 Å². The second kappa shape index (κ2) is 3.03. The lowest BCUT2D eigenvalue weighted by Gasteiger charge is -2.14. The zero-order valence-electron chi connectivity index (χ0n) is 5.95. The number of halogens is 1. The molecule has 11 heavy (non-hydrogen) atoms. The van der Waals surface area contributed by atoms with Crippen LogP contribution in [0.25, 0.3) is 0 Å². The maximum atomic E-state index is 4.40. The van der Waals surface area contributed by atoms with Crippen LogP contribution in [0, 0.1) is 0 Å². The molecule has 1 unspecified atom stereocenters. The monoisotopic (exact) mass is 250 g/mol. The van der Waals surface area contributed by atoms with Crippen LogP contribution in [0.3, 0.4) is 0 Å². The Kier molecular flexibility index (Phi) is 2.21. The predicted octanol–water partition coefficient (Wildman–Crippen LogP) is 2.64. The molecule has 0 N–H and O–H groups in total. The van der Waals surface area contributed by atoms with Crippen LogP contribution >= 0.6 is 39.5 Å². The molecule has 60 valence electrons. The van der Waals surface area contributed by atoms with Crippen molar-refractivity contribution in [1.29, 1.82) is 0 Å². The molecule has 0 saturated carbocycles. The summed E-state index contributed by atoms with van der Waals surface area (Å²) in [6.07, 6.45) is 0. The molecule has 0 aromatic carbocycles. The number of hydrazone groups is 1. The highest BCUT2D eigenvalue weighted by molar-refractivity contribution is 9.09. The van der Waals surface area contributed by atoms with Crippen LogP contribution in [-0.2, 0) is 0 Å². The molecule has 0 aromatic heterocycles. The molecule has 2 nitrogen and oxygen atoms in total. The van der Waals surface area contributed by atoms with Gasteiger partial charge in [-0.2, -0.15) is 5.10 Å². The highest BCUT2D eigenvalue weighted by Crippen LogP contribution is 2.43. The van der Waals surface area contributed by atoms with Gasteiger partial charge in [0.05, 0.1) is 10.7 Å². The second-order valence-corrected chi connectivity index (χ2v) is 5.35. The number of hydrogen-bond donors (Lipinski definition) is 0. The summed E-state index contributed by atoms with van der Waals surface area (Å²) in [5.41, 5.74) is 1.27. The number of allylic oxidation sites excluding steroid dienone is 1. The molecule has 0 saturated heterocycles. The molecule has 0 aliphatic carbocycles. The molecule has 2 aliphatic heterocycles. The highest BCUT2D eigenvalue weighted by Gasteiger charge is 2.31. The number of nitrogens with zero attached hydrogens (tertiary/aromatic N) is 2. The topological polar surface area (TPSA) is 15.6 Å². The number of hydrogen-bond acceptors (Lipinski definition) is 4. The number of rotatable bonds is 1. The van der Waals surface area contributed by atoms with E-state index in [1.165, 1.54) is 5.70 Å². The van der Waals surface area contributed by atoms with E-state index in [4.69, 9.17) is 0 Å². The van der Waals surface area contributed by atoms with Crippen LogP contribution in [0.15, 0.2) is 16.2 Å². The quantitative estimate of drug-likeness (QED) is 0.666. The molecule has 0 fully saturated rings. The first kappa shape index (κ1) is 8.01. The van der Waals surface area contributed by atoms with Crippen molar-refractivity contribution in [3.63, 3.8) is 0 Å². The highest BCUT2D eigenvalue weighted by atomic mass is 79.9. The van der Waals surface area contributed by atoms with Gasteiger partial charge in [-0.25, -0.2) is 5.01 Å². The average Bonchev–Trinajstić information content (AvgIpc) is 2.45. The van der Waals surface area contributed by atoms with E-state index < -0.39 is 0 Å². The summed E-state index contributed by atoms with van der Waals surface area (Å²) in [6, 6.07) is 0. The number of thioether (sulfide) groups is 2. The molecule has 0 bridgehead atoms. The third-order valence-corrected chi connectivity index (χ3v) is 4.33. The molecule has 0 aromatic rings. The summed E-state index contributed by atoms with van der Waals surface area (Å²) < 4.78 is 0.475. The Bertz CT molecular complexity index is 239. The van der Waals surface area contributed by atoms with E-state index >= 15 is 0 Å². The molecule has 2 rings (SSSR count). The van der Waals surface area contributed by atoms with Crippen molar-refractivity contribution in [2.24, 2.45) is 5.10 Å². The van der Waals surface area contributed by atoms with Crippen molar-refractivity contribution in [3.8, 4) is 0 Å². The van der Waals surface area contributed by atoms with Crippen LogP contribution in [0.2, 0.25) is 0 Å². The number of fused-ring (bicyclic) bond motifs is 1. The van der Waals surface area contributed by atoms with Gasteiger partial charge in [-0.15, -0.1) is 0 Å². The van der Waals surface area contributed by atoms with Crippen LogP contribution in [-0.4, -0.2) is 20.1 Å². The Morgan fingerprint density at radius 1 is 1.82 bits per heavy atom. The van der Waals surface area contributed by atoms with E-state index in [-0.39, 0.29) is 0 Å². The van der Waals surface area contributed by atoms with Gasteiger partial charge in [-0.1, -0.05) is 39.5 Å². The first-order chi connectivity index (χ1) is 5.31. The summed E-state index contributed by atoms with van der Waals surface area (Å²) in [6.45, 7) is 2.05. The normalized spacial score (nSPS) is 28.5. The summed E-state index contributed by atoms with van der Waals surface area (Å²) in [4.78, 5) is 0. The minimum atomic E-state index is 0.475. The van der Waals surface area contributed by atoms with Gasteiger partial charge in [0, 0.05) is 5.33 Å². The van der Waals surface area contributed by atoms with Gasteiger partial charge in [0.2, 0.25) is 0 Å². The third-order valence-electron chi connectivity index (χ3n) is 1.47. The molecule has 0 amide bonds. The zero-order chi connectivity index (χ0) is 7.84. The minimum absolute atomic E-state index is 0.475. The first-order valence-electron chi connectivity index (χ1n) is 3.23. The van der Waals surface area contributed by atoms with E-state index in [9.17, 15) is 0 Å². The third kappa shape index (κ3) is 1.34. The van der Waals surface area contributed by atoms with Gasteiger partial charge >= 0.3 is 0 Å². The molecule has 2 heterocycles. The largest absolute Gasteiger partial charge is 0.243 e. The van der Waals surface area contributed by atoms with Gasteiger partial charge in [-0.3, -0.25) is 0 Å². The average molecular weight is 251 g/mol. The van der Waals surface area contributed by atoms with Crippen LogP contribution in [0.5, 0.6) is 0 Å². The second-order valence-electron chi connectivity index (χ2n) is 2.27. The van der Waals surface area contributed by atoms with Gasteiger partial charge in [0.15, 0.2) is 4.71 Å². The van der Waals surface area contributed by atoms with Crippen LogP contribution in [0.1, 0.15) is 6.92 Å². The Hall–Kier alpha value is 0.390. The van der Waals surface area contributed by atoms with Crippen LogP contribution in [0.4, 0.5) is 0 Å². The molecule has 2 aliphatic rings. The maximum Gasteiger partial charge on any atom is 0.153 e. The van der Waals surface area contributed by atoms with Gasteiger partial charge in [-0.05, 0) is 12.3 Å². The lowest BCUT2D eigenvalue weighted by atomic mass is 10.6. The Labute approximate surface area is 82.6 Å². The van der Waals surface area contributed by atoms with Crippen molar-refractivity contribution in [2.45, 2.75) is 11.6 Å². The number of alkyl halides is 1. The van der Waals surface area contributed by atoms with Crippen LogP contribution < -0.4 is 0 Å². The van der Waals surface area contributed by atoms with E-state index in [1.807, 2.05) is 23.5 Å². The Morgan fingerprint density at radius 3 is 3.36 bits per heavy atom. The predicted molar refractivity (Wildman–Crippen MR) is 55.8 cm³/mol. The summed E-state index contributed by atoms with van der Waals surface area (Å²) >= 11 is 7.08. The molecule has 0 radical (unpaired) electrons. The molecular weight excluding hydrogens is 244 g/mol. The maximum absolute atomic E-state index is 4.40. The lowest BCUT2D eigenvalue weighted by molar-refractivity contribution is 0.429. The Morgan fingerprint density at radius 2 is 2.64 bits per heavy atom. The summed E-state index contributed by atoms with van der Waals surface area (Å²) in [5.74, 6) is 0. The van der Waals surface area contributed by atoms with Crippen molar-refractivity contribution >= 4 is 44.5 Å². The first-order valence-corrected chi connectivity index (χ1v) is 6.17. The fourth-order valence-corrected chi connectivity index (χ4v) is 3.90. The fourth-order valence-electron chi connectivity index (χ4n) is 0.987.